The molecule has 0 spiro atoms. The number of hydrogen-bond donors (Lipinski definition) is 3. The van der Waals surface area contributed by atoms with Gasteiger partial charge in [0.25, 0.3) is 0 Å². The predicted octanol–water partition coefficient (Wildman–Crippen LogP) is 2.18. The minimum atomic E-state index is -0.407. The highest BCUT2D eigenvalue weighted by molar-refractivity contribution is 5.97. The number of para-hydroxylation sites is 1. The standard InChI is InChI=1S/C15H16N6O/c1-2-11(15(22)20-10-6-4-3-5-7-10)21-14-12-13(17-8-16-12)18-9-19-14/h3-9,11H,2H2,1H3,(H,20,22)(H2,16,17,18,19,21)/t11-/m0/s1. The van der Waals surface area contributed by atoms with Gasteiger partial charge in [0.15, 0.2) is 11.5 Å². The number of nitrogens with one attached hydrogen (secondary N) is 3. The lowest BCUT2D eigenvalue weighted by Crippen LogP contribution is -2.34. The van der Waals surface area contributed by atoms with Crippen LogP contribution in [0.5, 0.6) is 0 Å². The van der Waals surface area contributed by atoms with Crippen molar-refractivity contribution in [2.45, 2.75) is 19.4 Å². The first kappa shape index (κ1) is 14.0. The van der Waals surface area contributed by atoms with Crippen molar-refractivity contribution < 1.29 is 4.79 Å². The highest BCUT2D eigenvalue weighted by Gasteiger charge is 2.18. The van der Waals surface area contributed by atoms with Crippen molar-refractivity contribution in [3.63, 3.8) is 0 Å². The number of carbonyl (C=O) groups excluding carboxylic acids is 1. The molecule has 7 heteroatoms. The highest BCUT2D eigenvalue weighted by Crippen LogP contribution is 2.17. The van der Waals surface area contributed by atoms with E-state index in [1.165, 1.54) is 6.33 Å². The maximum absolute atomic E-state index is 12.4. The fourth-order valence-corrected chi connectivity index (χ4v) is 2.14. The van der Waals surface area contributed by atoms with E-state index in [9.17, 15) is 4.79 Å². The van der Waals surface area contributed by atoms with Gasteiger partial charge >= 0.3 is 0 Å². The largest absolute Gasteiger partial charge is 0.356 e. The molecule has 0 saturated heterocycles. The molecule has 0 fully saturated rings. The van der Waals surface area contributed by atoms with Crippen LogP contribution in [0.25, 0.3) is 11.2 Å². The second-order valence-electron chi connectivity index (χ2n) is 4.78. The Kier molecular flexibility index (Phi) is 3.95. The Morgan fingerprint density at radius 3 is 2.82 bits per heavy atom. The topological polar surface area (TPSA) is 95.6 Å². The normalized spacial score (nSPS) is 12.0. The smallest absolute Gasteiger partial charge is 0.246 e. The average molecular weight is 296 g/mol. The van der Waals surface area contributed by atoms with Crippen LogP contribution in [0.3, 0.4) is 0 Å². The molecule has 3 N–H and O–H groups in total. The summed E-state index contributed by atoms with van der Waals surface area (Å²) in [6.45, 7) is 1.94. The SMILES string of the molecule is CC[C@H](Nc1ncnc2[nH]cnc12)C(=O)Nc1ccccc1. The monoisotopic (exact) mass is 296 g/mol. The third-order valence-electron chi connectivity index (χ3n) is 3.29. The number of imidazole rings is 1. The van der Waals surface area contributed by atoms with E-state index in [1.807, 2.05) is 37.3 Å². The van der Waals surface area contributed by atoms with Crippen LogP contribution in [0.1, 0.15) is 13.3 Å². The van der Waals surface area contributed by atoms with Gasteiger partial charge in [-0.05, 0) is 18.6 Å². The van der Waals surface area contributed by atoms with Gasteiger partial charge in [-0.3, -0.25) is 4.79 Å². The minimum absolute atomic E-state index is 0.115. The third kappa shape index (κ3) is 2.88. The molecule has 0 aliphatic rings. The molecular weight excluding hydrogens is 280 g/mol. The van der Waals surface area contributed by atoms with Gasteiger partial charge in [0.2, 0.25) is 5.91 Å². The van der Waals surface area contributed by atoms with E-state index in [2.05, 4.69) is 30.6 Å². The lowest BCUT2D eigenvalue weighted by atomic mass is 10.2. The summed E-state index contributed by atoms with van der Waals surface area (Å²) in [5.41, 5.74) is 2.02. The Morgan fingerprint density at radius 1 is 1.23 bits per heavy atom. The molecule has 2 aromatic heterocycles. The molecule has 22 heavy (non-hydrogen) atoms. The van der Waals surface area contributed by atoms with E-state index in [4.69, 9.17) is 0 Å². The molecule has 1 atom stereocenters. The molecule has 0 unspecified atom stereocenters. The van der Waals surface area contributed by atoms with Gasteiger partial charge in [-0.2, -0.15) is 0 Å². The number of aromatic amines is 1. The molecule has 0 saturated carbocycles. The number of fused-ring (bicyclic) bond motifs is 1. The number of nitrogens with zero attached hydrogens (tertiary/aromatic N) is 3. The Morgan fingerprint density at radius 2 is 2.05 bits per heavy atom. The number of H-pyrrole nitrogens is 1. The summed E-state index contributed by atoms with van der Waals surface area (Å²) in [4.78, 5) is 27.7. The van der Waals surface area contributed by atoms with Crippen LogP contribution >= 0.6 is 0 Å². The maximum atomic E-state index is 12.4. The molecule has 0 aliphatic heterocycles. The molecule has 112 valence electrons. The summed E-state index contributed by atoms with van der Waals surface area (Å²) < 4.78 is 0. The minimum Gasteiger partial charge on any atom is -0.356 e. The second kappa shape index (κ2) is 6.21. The third-order valence-corrected chi connectivity index (χ3v) is 3.29. The number of carbonyl (C=O) groups is 1. The summed E-state index contributed by atoms with van der Waals surface area (Å²) in [5, 5.41) is 6.01. The van der Waals surface area contributed by atoms with Crippen LogP contribution in [0.2, 0.25) is 0 Å². The van der Waals surface area contributed by atoms with E-state index in [1.54, 1.807) is 6.33 Å². The number of hydrogen-bond acceptors (Lipinski definition) is 5. The van der Waals surface area contributed by atoms with Gasteiger partial charge in [0, 0.05) is 5.69 Å². The first-order valence-corrected chi connectivity index (χ1v) is 7.04. The van der Waals surface area contributed by atoms with E-state index < -0.39 is 6.04 Å². The molecule has 0 aliphatic carbocycles. The summed E-state index contributed by atoms with van der Waals surface area (Å²) in [5.74, 6) is 0.428. The van der Waals surface area contributed by atoms with Gasteiger partial charge < -0.3 is 15.6 Å². The molecule has 3 aromatic rings. The van der Waals surface area contributed by atoms with E-state index in [0.717, 1.165) is 5.69 Å². The predicted molar refractivity (Wildman–Crippen MR) is 84.5 cm³/mol. The number of aromatic nitrogens is 4. The number of rotatable bonds is 5. The van der Waals surface area contributed by atoms with Crippen molar-refractivity contribution in [1.82, 2.24) is 19.9 Å². The van der Waals surface area contributed by atoms with Gasteiger partial charge in [-0.1, -0.05) is 25.1 Å². The molecule has 2 heterocycles. The molecule has 0 bridgehead atoms. The zero-order valence-corrected chi connectivity index (χ0v) is 12.1. The van der Waals surface area contributed by atoms with Crippen molar-refractivity contribution in [3.05, 3.63) is 43.0 Å². The van der Waals surface area contributed by atoms with Crippen molar-refractivity contribution in [1.29, 1.82) is 0 Å². The van der Waals surface area contributed by atoms with Gasteiger partial charge in [0.05, 0.1) is 6.33 Å². The number of benzene rings is 1. The average Bonchev–Trinajstić information content (AvgIpc) is 3.02. The van der Waals surface area contributed by atoms with Crippen LogP contribution in [0.4, 0.5) is 11.5 Å². The molecule has 0 radical (unpaired) electrons. The van der Waals surface area contributed by atoms with Gasteiger partial charge in [0.1, 0.15) is 17.9 Å². The van der Waals surface area contributed by atoms with Crippen LogP contribution in [0.15, 0.2) is 43.0 Å². The van der Waals surface area contributed by atoms with Gasteiger partial charge in [-0.25, -0.2) is 15.0 Å². The Balaban J connectivity index is 1.77. The zero-order valence-electron chi connectivity index (χ0n) is 12.1. The molecule has 7 nitrogen and oxygen atoms in total. The van der Waals surface area contributed by atoms with Crippen molar-refractivity contribution in [2.24, 2.45) is 0 Å². The Hall–Kier alpha value is -2.96. The summed E-state index contributed by atoms with van der Waals surface area (Å²) in [6.07, 6.45) is 3.61. The van der Waals surface area contributed by atoms with Crippen LogP contribution in [-0.4, -0.2) is 31.9 Å². The zero-order chi connectivity index (χ0) is 15.4. The summed E-state index contributed by atoms with van der Waals surface area (Å²) in [6, 6.07) is 8.95. The van der Waals surface area contributed by atoms with E-state index in [-0.39, 0.29) is 5.91 Å². The number of amides is 1. The lowest BCUT2D eigenvalue weighted by Gasteiger charge is -2.17. The molecule has 1 amide bonds. The van der Waals surface area contributed by atoms with Crippen molar-refractivity contribution in [3.8, 4) is 0 Å². The Bertz CT molecular complexity index is 770. The fourth-order valence-electron chi connectivity index (χ4n) is 2.14. The highest BCUT2D eigenvalue weighted by atomic mass is 16.2. The van der Waals surface area contributed by atoms with Crippen LogP contribution < -0.4 is 10.6 Å². The fraction of sp³-hybridized carbons (Fsp3) is 0.200. The second-order valence-corrected chi connectivity index (χ2v) is 4.78. The molecular formula is C15H16N6O. The maximum Gasteiger partial charge on any atom is 0.246 e. The lowest BCUT2D eigenvalue weighted by molar-refractivity contribution is -0.117. The van der Waals surface area contributed by atoms with Crippen LogP contribution in [-0.2, 0) is 4.79 Å². The van der Waals surface area contributed by atoms with Crippen LogP contribution in [0, 0.1) is 0 Å². The summed E-state index contributed by atoms with van der Waals surface area (Å²) >= 11 is 0. The van der Waals surface area contributed by atoms with E-state index in [0.29, 0.717) is 23.4 Å². The molecule has 1 aromatic carbocycles. The van der Waals surface area contributed by atoms with Crippen molar-refractivity contribution in [2.75, 3.05) is 10.6 Å². The van der Waals surface area contributed by atoms with Gasteiger partial charge in [-0.15, -0.1) is 0 Å². The van der Waals surface area contributed by atoms with E-state index >= 15 is 0 Å². The number of anilines is 2. The molecule has 3 rings (SSSR count). The Labute approximate surface area is 127 Å². The first-order valence-electron chi connectivity index (χ1n) is 7.04. The summed E-state index contributed by atoms with van der Waals surface area (Å²) in [7, 11) is 0. The quantitative estimate of drug-likeness (QED) is 0.670. The first-order chi connectivity index (χ1) is 10.8. The van der Waals surface area contributed by atoms with Crippen molar-refractivity contribution >= 4 is 28.6 Å².